The zero-order valence-corrected chi connectivity index (χ0v) is 16.6. The van der Waals surface area contributed by atoms with Gasteiger partial charge in [0.2, 0.25) is 0 Å². The van der Waals surface area contributed by atoms with Crippen LogP contribution in [0.25, 0.3) is 0 Å². The number of anilines is 1. The first-order valence-corrected chi connectivity index (χ1v) is 8.74. The highest BCUT2D eigenvalue weighted by Gasteiger charge is 2.15. The summed E-state index contributed by atoms with van der Waals surface area (Å²) in [5.41, 5.74) is 11.3. The number of aryl methyl sites for hydroxylation is 2. The normalized spacial score (nSPS) is 12.6. The molecule has 0 amide bonds. The zero-order chi connectivity index (χ0) is 17.8. The van der Waals surface area contributed by atoms with E-state index in [1.807, 2.05) is 23.1 Å². The van der Waals surface area contributed by atoms with Crippen LogP contribution in [0.2, 0.25) is 0 Å². The van der Waals surface area contributed by atoms with Crippen LogP contribution in [0.4, 0.5) is 11.4 Å². The van der Waals surface area contributed by atoms with Crippen molar-refractivity contribution < 1.29 is 0 Å². The van der Waals surface area contributed by atoms with Crippen LogP contribution in [0.15, 0.2) is 47.5 Å². The van der Waals surface area contributed by atoms with E-state index in [4.69, 9.17) is 22.9 Å². The van der Waals surface area contributed by atoms with Crippen LogP contribution >= 0.6 is 24.6 Å². The number of guanidine groups is 1. The lowest BCUT2D eigenvalue weighted by Gasteiger charge is -2.24. The van der Waals surface area contributed by atoms with Gasteiger partial charge < -0.3 is 21.3 Å². The molecular formula is C19H24ClN5S. The third kappa shape index (κ3) is 4.65. The number of benzene rings is 2. The molecule has 5 nitrogen and oxygen atoms in total. The molecule has 0 atom stereocenters. The van der Waals surface area contributed by atoms with Gasteiger partial charge in [-0.15, -0.1) is 12.4 Å². The van der Waals surface area contributed by atoms with Crippen LogP contribution in [-0.2, 0) is 6.54 Å². The molecule has 0 bridgehead atoms. The monoisotopic (exact) mass is 389 g/mol. The number of nitrogens with one attached hydrogen (secondary N) is 2. The van der Waals surface area contributed by atoms with Gasteiger partial charge in [0.1, 0.15) is 0 Å². The molecule has 26 heavy (non-hydrogen) atoms. The smallest absolute Gasteiger partial charge is 0.196 e. The van der Waals surface area contributed by atoms with E-state index in [-0.39, 0.29) is 12.4 Å². The molecular weight excluding hydrogens is 366 g/mol. The zero-order valence-electron chi connectivity index (χ0n) is 15.0. The van der Waals surface area contributed by atoms with Gasteiger partial charge in [-0.3, -0.25) is 0 Å². The van der Waals surface area contributed by atoms with Crippen molar-refractivity contribution >= 4 is 47.1 Å². The number of aliphatic imine (C=N–C) groups is 1. The van der Waals surface area contributed by atoms with Gasteiger partial charge in [-0.1, -0.05) is 30.3 Å². The minimum Gasteiger partial charge on any atom is -0.376 e. The highest BCUT2D eigenvalue weighted by Crippen LogP contribution is 2.30. The topological polar surface area (TPSA) is 65.7 Å². The van der Waals surface area contributed by atoms with E-state index in [1.165, 1.54) is 0 Å². The highest BCUT2D eigenvalue weighted by molar-refractivity contribution is 7.80. The van der Waals surface area contributed by atoms with Gasteiger partial charge in [0.05, 0.1) is 12.2 Å². The number of halogens is 1. The van der Waals surface area contributed by atoms with Gasteiger partial charge in [0.15, 0.2) is 11.1 Å². The number of hydrogen-bond donors (Lipinski definition) is 3. The van der Waals surface area contributed by atoms with Gasteiger partial charge in [-0.05, 0) is 54.9 Å². The second-order valence-electron chi connectivity index (χ2n) is 6.15. The van der Waals surface area contributed by atoms with Gasteiger partial charge in [0.25, 0.3) is 0 Å². The first-order valence-electron chi connectivity index (χ1n) is 8.33. The standard InChI is InChI=1S/C19H23N5S.ClH/c1-13-10-16(11-14(2)17(13)23-19-21-8-9-22-19)24(18(20)25)12-15-6-4-3-5-7-15;/h3-7,10-11H,8-9,12H2,1-2H3,(H2,20,25)(H2,21,22,23);1H. The predicted molar refractivity (Wildman–Crippen MR) is 116 cm³/mol. The summed E-state index contributed by atoms with van der Waals surface area (Å²) in [4.78, 5) is 6.65. The number of nitrogens with zero attached hydrogens (tertiary/aromatic N) is 2. The Morgan fingerprint density at radius 3 is 2.23 bits per heavy atom. The Hall–Kier alpha value is -2.31. The molecule has 3 rings (SSSR count). The lowest BCUT2D eigenvalue weighted by Crippen LogP contribution is -2.35. The van der Waals surface area contributed by atoms with Crippen molar-refractivity contribution in [2.24, 2.45) is 10.7 Å². The van der Waals surface area contributed by atoms with Crippen molar-refractivity contribution in [2.75, 3.05) is 18.0 Å². The van der Waals surface area contributed by atoms with Gasteiger partial charge >= 0.3 is 0 Å². The van der Waals surface area contributed by atoms with E-state index >= 15 is 0 Å². The lowest BCUT2D eigenvalue weighted by molar-refractivity contribution is 0.942. The van der Waals surface area contributed by atoms with E-state index in [1.54, 1.807) is 0 Å². The first kappa shape index (κ1) is 20.0. The molecule has 0 aromatic heterocycles. The summed E-state index contributed by atoms with van der Waals surface area (Å²) in [6.07, 6.45) is 0. The average molecular weight is 390 g/mol. The van der Waals surface area contributed by atoms with Crippen molar-refractivity contribution in [3.8, 4) is 0 Å². The number of nitrogens with two attached hydrogens (primary N) is 1. The molecule has 4 N–H and O–H groups in total. The molecule has 0 radical (unpaired) electrons. The summed E-state index contributed by atoms with van der Waals surface area (Å²) in [5, 5.41) is 6.83. The van der Waals surface area contributed by atoms with Crippen LogP contribution < -0.4 is 21.3 Å². The molecule has 1 aliphatic rings. The lowest BCUT2D eigenvalue weighted by atomic mass is 10.1. The Balaban J connectivity index is 0.00000243. The molecule has 1 saturated heterocycles. The average Bonchev–Trinajstić information content (AvgIpc) is 3.09. The molecule has 1 fully saturated rings. The SMILES string of the molecule is Cc1cc(N(Cc2ccccc2)C(N)=S)cc(C)c1N=C1NCCN1.Cl. The third-order valence-corrected chi connectivity index (χ3v) is 4.39. The van der Waals surface area contributed by atoms with Gasteiger partial charge in [0, 0.05) is 18.8 Å². The maximum absolute atomic E-state index is 6.00. The summed E-state index contributed by atoms with van der Waals surface area (Å²) >= 11 is 5.29. The van der Waals surface area contributed by atoms with Crippen LogP contribution in [0.1, 0.15) is 16.7 Å². The van der Waals surface area contributed by atoms with E-state index in [9.17, 15) is 0 Å². The maximum atomic E-state index is 6.00. The molecule has 138 valence electrons. The Morgan fingerprint density at radius 2 is 1.69 bits per heavy atom. The maximum Gasteiger partial charge on any atom is 0.196 e. The Labute approximate surface area is 166 Å². The summed E-state index contributed by atoms with van der Waals surface area (Å²) in [6.45, 7) is 6.57. The molecule has 1 heterocycles. The fraction of sp³-hybridized carbons (Fsp3) is 0.263. The van der Waals surface area contributed by atoms with Crippen LogP contribution in [0, 0.1) is 13.8 Å². The van der Waals surface area contributed by atoms with Gasteiger partial charge in [-0.25, -0.2) is 4.99 Å². The van der Waals surface area contributed by atoms with Crippen molar-refractivity contribution in [3.05, 3.63) is 59.2 Å². The van der Waals surface area contributed by atoms with Crippen LogP contribution in [0.5, 0.6) is 0 Å². The Morgan fingerprint density at radius 1 is 1.12 bits per heavy atom. The van der Waals surface area contributed by atoms with Crippen molar-refractivity contribution in [3.63, 3.8) is 0 Å². The minimum absolute atomic E-state index is 0. The summed E-state index contributed by atoms with van der Waals surface area (Å²) in [6, 6.07) is 14.4. The number of rotatable bonds is 4. The molecule has 2 aromatic carbocycles. The van der Waals surface area contributed by atoms with Crippen LogP contribution in [-0.4, -0.2) is 24.2 Å². The first-order chi connectivity index (χ1) is 12.0. The van der Waals surface area contributed by atoms with Crippen molar-refractivity contribution in [1.82, 2.24) is 10.6 Å². The third-order valence-electron chi connectivity index (χ3n) is 4.17. The van der Waals surface area contributed by atoms with Crippen molar-refractivity contribution in [2.45, 2.75) is 20.4 Å². The quantitative estimate of drug-likeness (QED) is 0.701. The predicted octanol–water partition coefficient (Wildman–Crippen LogP) is 3.16. The molecule has 0 aliphatic carbocycles. The second-order valence-corrected chi connectivity index (χ2v) is 6.57. The highest BCUT2D eigenvalue weighted by atomic mass is 35.5. The van der Waals surface area contributed by atoms with Gasteiger partial charge in [-0.2, -0.15) is 0 Å². The fourth-order valence-corrected chi connectivity index (χ4v) is 3.11. The second kappa shape index (κ2) is 8.87. The number of hydrogen-bond acceptors (Lipinski definition) is 2. The van der Waals surface area contributed by atoms with E-state index < -0.39 is 0 Å². The largest absolute Gasteiger partial charge is 0.376 e. The fourth-order valence-electron chi connectivity index (χ4n) is 2.94. The Bertz CT molecular complexity index is 776. The molecule has 1 aliphatic heterocycles. The van der Waals surface area contributed by atoms with Crippen molar-refractivity contribution in [1.29, 1.82) is 0 Å². The summed E-state index contributed by atoms with van der Waals surface area (Å²) in [5.74, 6) is 0.828. The molecule has 0 saturated carbocycles. The Kier molecular flexibility index (Phi) is 6.83. The molecule has 7 heteroatoms. The summed E-state index contributed by atoms with van der Waals surface area (Å²) in [7, 11) is 0. The van der Waals surface area contributed by atoms with E-state index in [2.05, 4.69) is 48.7 Å². The summed E-state index contributed by atoms with van der Waals surface area (Å²) < 4.78 is 0. The van der Waals surface area contributed by atoms with E-state index in [0.29, 0.717) is 11.7 Å². The molecule has 0 unspecified atom stereocenters. The molecule has 0 spiro atoms. The molecule has 2 aromatic rings. The van der Waals surface area contributed by atoms with Crippen LogP contribution in [0.3, 0.4) is 0 Å². The van der Waals surface area contributed by atoms with E-state index in [0.717, 1.165) is 47.1 Å². The minimum atomic E-state index is 0. The number of thiocarbonyl (C=S) groups is 1.